The minimum atomic E-state index is -1.08. The summed E-state index contributed by atoms with van der Waals surface area (Å²) in [4.78, 5) is 35.0. The van der Waals surface area contributed by atoms with Crippen molar-refractivity contribution in [2.75, 3.05) is 4.90 Å². The van der Waals surface area contributed by atoms with E-state index in [-0.39, 0.29) is 11.7 Å². The number of Topliss-reactive ketones (excluding diaryl/α,β-unsaturated/α-hetero) is 1. The number of nitrogens with zero attached hydrogens (tertiary/aromatic N) is 2. The highest BCUT2D eigenvalue weighted by Gasteiger charge is 2.30. The van der Waals surface area contributed by atoms with Crippen molar-refractivity contribution in [1.29, 1.82) is 0 Å². The van der Waals surface area contributed by atoms with Gasteiger partial charge in [-0.1, -0.05) is 13.8 Å². The number of hydrogen-bond donors (Lipinski definition) is 1. The first-order valence-corrected chi connectivity index (χ1v) is 5.93. The maximum absolute atomic E-state index is 11.3. The predicted octanol–water partition coefficient (Wildman–Crippen LogP) is 1.30. The van der Waals surface area contributed by atoms with Gasteiger partial charge in [0.05, 0.1) is 0 Å². The highest BCUT2D eigenvalue weighted by atomic mass is 16.4. The number of amides is 1. The lowest BCUT2D eigenvalue weighted by molar-refractivity contribution is -0.140. The van der Waals surface area contributed by atoms with E-state index in [1.807, 2.05) is 0 Å². The molecule has 1 rings (SSSR count). The molecule has 1 atom stereocenters. The Labute approximate surface area is 111 Å². The SMILES string of the molecule is CC(=O)c1cc(N(C=O)C(C(=O)O)C(C)C)n(C)c1. The molecule has 0 bridgehead atoms. The highest BCUT2D eigenvalue weighted by molar-refractivity contribution is 5.96. The fraction of sp³-hybridized carbons (Fsp3) is 0.462. The molecule has 1 N–H and O–H groups in total. The molecule has 0 aromatic carbocycles. The van der Waals surface area contributed by atoms with Crippen LogP contribution < -0.4 is 4.90 Å². The zero-order valence-corrected chi connectivity index (χ0v) is 11.5. The topological polar surface area (TPSA) is 79.6 Å². The molecule has 0 radical (unpaired) electrons. The number of carbonyl (C=O) groups is 3. The predicted molar refractivity (Wildman–Crippen MR) is 70.2 cm³/mol. The molecule has 6 nitrogen and oxygen atoms in total. The van der Waals surface area contributed by atoms with Crippen LogP contribution in [0.3, 0.4) is 0 Å². The van der Waals surface area contributed by atoms with Crippen LogP contribution in [0.1, 0.15) is 31.1 Å². The molecule has 1 amide bonds. The van der Waals surface area contributed by atoms with Crippen LogP contribution in [0.2, 0.25) is 0 Å². The van der Waals surface area contributed by atoms with Crippen molar-refractivity contribution in [2.24, 2.45) is 13.0 Å². The first-order valence-electron chi connectivity index (χ1n) is 5.93. The van der Waals surface area contributed by atoms with E-state index in [2.05, 4.69) is 0 Å². The molecule has 0 saturated heterocycles. The molecule has 19 heavy (non-hydrogen) atoms. The molecular weight excluding hydrogens is 248 g/mol. The number of aliphatic carboxylic acids is 1. The molecule has 6 heteroatoms. The molecule has 0 aliphatic carbocycles. The van der Waals surface area contributed by atoms with Gasteiger partial charge < -0.3 is 9.67 Å². The van der Waals surface area contributed by atoms with E-state index in [9.17, 15) is 19.5 Å². The maximum Gasteiger partial charge on any atom is 0.327 e. The summed E-state index contributed by atoms with van der Waals surface area (Å²) in [6.07, 6.45) is 2.06. The van der Waals surface area contributed by atoms with Crippen LogP contribution in [-0.4, -0.2) is 33.9 Å². The van der Waals surface area contributed by atoms with Crippen LogP contribution in [0.4, 0.5) is 5.82 Å². The van der Waals surface area contributed by atoms with Crippen LogP contribution in [0.5, 0.6) is 0 Å². The van der Waals surface area contributed by atoms with Crippen molar-refractivity contribution in [2.45, 2.75) is 26.8 Å². The molecule has 0 fully saturated rings. The Morgan fingerprint density at radius 3 is 2.32 bits per heavy atom. The van der Waals surface area contributed by atoms with Gasteiger partial charge >= 0.3 is 5.97 Å². The molecule has 0 saturated carbocycles. The van der Waals surface area contributed by atoms with Crippen LogP contribution in [0, 0.1) is 5.92 Å². The van der Waals surface area contributed by atoms with Crippen LogP contribution >= 0.6 is 0 Å². The van der Waals surface area contributed by atoms with Crippen molar-refractivity contribution in [3.8, 4) is 0 Å². The number of carbonyl (C=O) groups excluding carboxylic acids is 2. The Morgan fingerprint density at radius 1 is 1.42 bits per heavy atom. The summed E-state index contributed by atoms with van der Waals surface area (Å²) >= 11 is 0. The number of rotatable bonds is 6. The number of anilines is 1. The molecule has 0 spiro atoms. The number of ketones is 1. The zero-order valence-electron chi connectivity index (χ0n) is 11.5. The summed E-state index contributed by atoms with van der Waals surface area (Å²) < 4.78 is 1.57. The number of hydrogen-bond acceptors (Lipinski definition) is 3. The van der Waals surface area contributed by atoms with E-state index < -0.39 is 12.0 Å². The third-order valence-electron chi connectivity index (χ3n) is 2.95. The Morgan fingerprint density at radius 2 is 2.00 bits per heavy atom. The first-order chi connectivity index (χ1) is 8.79. The van der Waals surface area contributed by atoms with Gasteiger partial charge in [0.2, 0.25) is 6.41 Å². The van der Waals surface area contributed by atoms with Gasteiger partial charge in [0.1, 0.15) is 11.9 Å². The van der Waals surface area contributed by atoms with Crippen LogP contribution in [-0.2, 0) is 16.6 Å². The Bertz CT molecular complexity index is 505. The summed E-state index contributed by atoms with van der Waals surface area (Å²) in [7, 11) is 1.66. The Kier molecular flexibility index (Phi) is 4.47. The third-order valence-corrected chi connectivity index (χ3v) is 2.95. The Balaban J connectivity index is 3.26. The van der Waals surface area contributed by atoms with E-state index >= 15 is 0 Å². The van der Waals surface area contributed by atoms with Gasteiger partial charge in [-0.15, -0.1) is 0 Å². The molecule has 0 aliphatic rings. The summed E-state index contributed by atoms with van der Waals surface area (Å²) in [5.41, 5.74) is 0.442. The van der Waals surface area contributed by atoms with Gasteiger partial charge in [-0.25, -0.2) is 4.79 Å². The summed E-state index contributed by atoms with van der Waals surface area (Å²) in [5, 5.41) is 9.24. The van der Waals surface area contributed by atoms with Gasteiger partial charge in [0, 0.05) is 18.8 Å². The van der Waals surface area contributed by atoms with Crippen molar-refractivity contribution in [1.82, 2.24) is 4.57 Å². The van der Waals surface area contributed by atoms with Crippen molar-refractivity contribution in [3.05, 3.63) is 17.8 Å². The summed E-state index contributed by atoms with van der Waals surface area (Å²) in [5.74, 6) is -1.07. The van der Waals surface area contributed by atoms with E-state index in [0.29, 0.717) is 17.8 Å². The Hall–Kier alpha value is -2.11. The normalized spacial score (nSPS) is 12.3. The molecule has 1 aromatic rings. The van der Waals surface area contributed by atoms with Crippen molar-refractivity contribution < 1.29 is 19.5 Å². The molecule has 1 aromatic heterocycles. The number of aromatic nitrogens is 1. The first kappa shape index (κ1) is 14.9. The van der Waals surface area contributed by atoms with E-state index in [0.717, 1.165) is 4.90 Å². The lowest BCUT2D eigenvalue weighted by Crippen LogP contribution is -2.45. The standard InChI is InChI=1S/C13H18N2O4/c1-8(2)12(13(18)19)15(7-16)11-5-10(9(3)17)6-14(11)4/h5-8,12H,1-4H3,(H,18,19). The molecule has 104 valence electrons. The average molecular weight is 266 g/mol. The maximum atomic E-state index is 11.3. The highest BCUT2D eigenvalue weighted by Crippen LogP contribution is 2.22. The van der Waals surface area contributed by atoms with Crippen molar-refractivity contribution >= 4 is 24.0 Å². The number of carboxylic acid groups (broad SMARTS) is 1. The largest absolute Gasteiger partial charge is 0.480 e. The smallest absolute Gasteiger partial charge is 0.327 e. The van der Waals surface area contributed by atoms with Crippen LogP contribution in [0.25, 0.3) is 0 Å². The fourth-order valence-corrected chi connectivity index (χ4v) is 1.99. The zero-order chi connectivity index (χ0) is 14.7. The fourth-order valence-electron chi connectivity index (χ4n) is 1.99. The van der Waals surface area contributed by atoms with E-state index in [1.165, 1.54) is 13.0 Å². The second kappa shape index (κ2) is 5.69. The lowest BCUT2D eigenvalue weighted by atomic mass is 10.0. The average Bonchev–Trinajstić information content (AvgIpc) is 2.66. The summed E-state index contributed by atoms with van der Waals surface area (Å²) in [6, 6.07) is 0.556. The monoisotopic (exact) mass is 266 g/mol. The molecule has 1 unspecified atom stereocenters. The van der Waals surface area contributed by atoms with Gasteiger partial charge in [-0.2, -0.15) is 0 Å². The molecule has 1 heterocycles. The van der Waals surface area contributed by atoms with E-state index in [1.54, 1.807) is 31.7 Å². The summed E-state index contributed by atoms with van der Waals surface area (Å²) in [6.45, 7) is 4.87. The minimum Gasteiger partial charge on any atom is -0.480 e. The van der Waals surface area contributed by atoms with Gasteiger partial charge in [0.25, 0.3) is 0 Å². The lowest BCUT2D eigenvalue weighted by Gasteiger charge is -2.27. The van der Waals surface area contributed by atoms with Gasteiger partial charge in [-0.3, -0.25) is 14.5 Å². The van der Waals surface area contributed by atoms with Crippen LogP contribution in [0.15, 0.2) is 12.3 Å². The second-order valence-corrected chi connectivity index (χ2v) is 4.79. The van der Waals surface area contributed by atoms with Crippen molar-refractivity contribution in [3.63, 3.8) is 0 Å². The quantitative estimate of drug-likeness (QED) is 0.621. The number of carboxylic acids is 1. The molecule has 0 aliphatic heterocycles. The van der Waals surface area contributed by atoms with E-state index in [4.69, 9.17) is 0 Å². The third kappa shape index (κ3) is 3.01. The van der Waals surface area contributed by atoms with Gasteiger partial charge in [0.15, 0.2) is 5.78 Å². The second-order valence-electron chi connectivity index (χ2n) is 4.79. The number of aryl methyl sites for hydroxylation is 1. The molecular formula is C13H18N2O4. The van der Waals surface area contributed by atoms with Gasteiger partial charge in [-0.05, 0) is 18.9 Å². The minimum absolute atomic E-state index is 0.135.